The Bertz CT molecular complexity index is 1050. The third-order valence-electron chi connectivity index (χ3n) is 4.98. The van der Waals surface area contributed by atoms with Crippen molar-refractivity contribution in [2.45, 2.75) is 32.1 Å². The molecule has 0 bridgehead atoms. The standard InChI is InChI=1S/C21H20FN3O4/c1-28-11-19-24-20(25-29-19)14-3-5-15-13(9-14)4-7-18(15)23-21(27)16-8-12(10-26)2-6-17(16)22/h2-3,5-6,8-9,18,26H,4,7,10-11H2,1H3,(H,23,27)/t18-/m1/s1. The summed E-state index contributed by atoms with van der Waals surface area (Å²) in [6.45, 7) is -0.00212. The smallest absolute Gasteiger partial charge is 0.254 e. The molecule has 4 rings (SSSR count). The molecular formula is C21H20FN3O4. The second-order valence-electron chi connectivity index (χ2n) is 6.90. The number of aromatic nitrogens is 2. The first-order valence-corrected chi connectivity index (χ1v) is 9.24. The maximum Gasteiger partial charge on any atom is 0.254 e. The maximum atomic E-state index is 14.0. The molecule has 0 unspecified atom stereocenters. The predicted molar refractivity (Wildman–Crippen MR) is 101 cm³/mol. The van der Waals surface area contributed by atoms with Crippen molar-refractivity contribution >= 4 is 5.91 Å². The molecule has 2 N–H and O–H groups in total. The van der Waals surface area contributed by atoms with Crippen LogP contribution in [0.15, 0.2) is 40.9 Å². The molecule has 0 saturated carbocycles. The molecule has 1 aromatic heterocycles. The molecule has 1 amide bonds. The fourth-order valence-electron chi connectivity index (χ4n) is 3.54. The molecule has 0 aliphatic heterocycles. The lowest BCUT2D eigenvalue weighted by atomic mass is 10.0. The lowest BCUT2D eigenvalue weighted by Gasteiger charge is -2.15. The molecule has 0 spiro atoms. The van der Waals surface area contributed by atoms with Crippen LogP contribution in [0.25, 0.3) is 11.4 Å². The van der Waals surface area contributed by atoms with Crippen LogP contribution in [0.3, 0.4) is 0 Å². The van der Waals surface area contributed by atoms with Crippen molar-refractivity contribution in [3.8, 4) is 11.4 Å². The number of nitrogens with zero attached hydrogens (tertiary/aromatic N) is 2. The van der Waals surface area contributed by atoms with Gasteiger partial charge in [-0.05, 0) is 47.7 Å². The molecule has 1 heterocycles. The second-order valence-corrected chi connectivity index (χ2v) is 6.90. The van der Waals surface area contributed by atoms with E-state index >= 15 is 0 Å². The summed E-state index contributed by atoms with van der Waals surface area (Å²) in [6, 6.07) is 9.59. The summed E-state index contributed by atoms with van der Waals surface area (Å²) in [5.74, 6) is -0.227. The Labute approximate surface area is 166 Å². The Morgan fingerprint density at radius 3 is 3.00 bits per heavy atom. The number of amides is 1. The van der Waals surface area contributed by atoms with Crippen LogP contribution in [0.5, 0.6) is 0 Å². The van der Waals surface area contributed by atoms with Gasteiger partial charge in [-0.1, -0.05) is 23.4 Å². The van der Waals surface area contributed by atoms with Gasteiger partial charge in [-0.2, -0.15) is 4.98 Å². The van der Waals surface area contributed by atoms with Crippen molar-refractivity contribution in [2.75, 3.05) is 7.11 Å². The van der Waals surface area contributed by atoms with E-state index < -0.39 is 11.7 Å². The minimum Gasteiger partial charge on any atom is -0.392 e. The molecule has 0 radical (unpaired) electrons. The number of benzene rings is 2. The van der Waals surface area contributed by atoms with Gasteiger partial charge < -0.3 is 19.7 Å². The topological polar surface area (TPSA) is 97.5 Å². The quantitative estimate of drug-likeness (QED) is 0.664. The number of nitrogens with one attached hydrogen (secondary N) is 1. The number of halogens is 1. The zero-order valence-electron chi connectivity index (χ0n) is 15.8. The monoisotopic (exact) mass is 397 g/mol. The highest BCUT2D eigenvalue weighted by molar-refractivity contribution is 5.95. The average molecular weight is 397 g/mol. The van der Waals surface area contributed by atoms with E-state index in [0.717, 1.165) is 23.1 Å². The molecule has 1 atom stereocenters. The third kappa shape index (κ3) is 3.90. The highest BCUT2D eigenvalue weighted by Crippen LogP contribution is 2.34. The van der Waals surface area contributed by atoms with Gasteiger partial charge in [-0.25, -0.2) is 4.39 Å². The van der Waals surface area contributed by atoms with E-state index in [0.29, 0.717) is 23.7 Å². The van der Waals surface area contributed by atoms with Gasteiger partial charge in [0.2, 0.25) is 5.82 Å². The number of carbonyl (C=O) groups is 1. The van der Waals surface area contributed by atoms with Gasteiger partial charge in [0.05, 0.1) is 18.2 Å². The van der Waals surface area contributed by atoms with Crippen molar-refractivity contribution in [1.29, 1.82) is 0 Å². The summed E-state index contributed by atoms with van der Waals surface area (Å²) >= 11 is 0. The molecule has 29 heavy (non-hydrogen) atoms. The van der Waals surface area contributed by atoms with E-state index in [2.05, 4.69) is 15.5 Å². The number of carbonyl (C=O) groups excluding carboxylic acids is 1. The molecule has 0 fully saturated rings. The second kappa shape index (κ2) is 8.10. The van der Waals surface area contributed by atoms with Crippen LogP contribution in [0.1, 0.15) is 45.4 Å². The molecule has 0 saturated heterocycles. The molecular weight excluding hydrogens is 377 g/mol. The highest BCUT2D eigenvalue weighted by atomic mass is 19.1. The summed E-state index contributed by atoms with van der Waals surface area (Å²) in [6.07, 6.45) is 1.49. The van der Waals surface area contributed by atoms with Gasteiger partial charge in [-0.15, -0.1) is 0 Å². The summed E-state index contributed by atoms with van der Waals surface area (Å²) in [7, 11) is 1.56. The Morgan fingerprint density at radius 2 is 2.21 bits per heavy atom. The number of aliphatic hydroxyl groups is 1. The Balaban J connectivity index is 1.52. The van der Waals surface area contributed by atoms with Crippen LogP contribution >= 0.6 is 0 Å². The third-order valence-corrected chi connectivity index (χ3v) is 4.98. The number of hydrogen-bond acceptors (Lipinski definition) is 6. The summed E-state index contributed by atoms with van der Waals surface area (Å²) in [4.78, 5) is 16.9. The first-order chi connectivity index (χ1) is 14.1. The molecule has 150 valence electrons. The van der Waals surface area contributed by atoms with Crippen LogP contribution in [-0.4, -0.2) is 28.3 Å². The number of fused-ring (bicyclic) bond motifs is 1. The molecule has 3 aromatic rings. The largest absolute Gasteiger partial charge is 0.392 e. The van der Waals surface area contributed by atoms with Crippen molar-refractivity contribution in [3.05, 3.63) is 70.4 Å². The van der Waals surface area contributed by atoms with Gasteiger partial charge in [-0.3, -0.25) is 4.79 Å². The van der Waals surface area contributed by atoms with Gasteiger partial charge in [0.15, 0.2) is 0 Å². The number of methoxy groups -OCH3 is 1. The average Bonchev–Trinajstić information content (AvgIpc) is 3.35. The van der Waals surface area contributed by atoms with Gasteiger partial charge >= 0.3 is 0 Å². The van der Waals surface area contributed by atoms with Crippen LogP contribution in [0.4, 0.5) is 4.39 Å². The fraction of sp³-hybridized carbons (Fsp3) is 0.286. The number of hydrogen-bond donors (Lipinski definition) is 2. The minimum absolute atomic E-state index is 0.0703. The SMILES string of the molecule is COCc1nc(-c2ccc3c(c2)CC[C@H]3NC(=O)c2cc(CO)ccc2F)no1. The van der Waals surface area contributed by atoms with Crippen molar-refractivity contribution in [3.63, 3.8) is 0 Å². The van der Waals surface area contributed by atoms with Crippen LogP contribution in [-0.2, 0) is 24.4 Å². The Morgan fingerprint density at radius 1 is 1.34 bits per heavy atom. The highest BCUT2D eigenvalue weighted by Gasteiger charge is 2.26. The van der Waals surface area contributed by atoms with E-state index in [-0.39, 0.29) is 24.8 Å². The van der Waals surface area contributed by atoms with Crippen LogP contribution < -0.4 is 5.32 Å². The lowest BCUT2D eigenvalue weighted by Crippen LogP contribution is -2.28. The lowest BCUT2D eigenvalue weighted by molar-refractivity contribution is 0.0932. The van der Waals surface area contributed by atoms with E-state index in [1.165, 1.54) is 18.2 Å². The zero-order chi connectivity index (χ0) is 20.4. The number of aliphatic hydroxyl groups excluding tert-OH is 1. The van der Waals surface area contributed by atoms with E-state index in [9.17, 15) is 14.3 Å². The molecule has 7 nitrogen and oxygen atoms in total. The summed E-state index contributed by atoms with van der Waals surface area (Å²) < 4.78 is 24.2. The van der Waals surface area contributed by atoms with Crippen molar-refractivity contribution in [1.82, 2.24) is 15.5 Å². The normalized spacial score (nSPS) is 15.3. The first-order valence-electron chi connectivity index (χ1n) is 9.24. The molecule has 1 aliphatic rings. The van der Waals surface area contributed by atoms with Crippen molar-refractivity contribution < 1.29 is 23.6 Å². The Kier molecular flexibility index (Phi) is 5.37. The molecule has 2 aromatic carbocycles. The number of aryl methyl sites for hydroxylation is 1. The first kappa shape index (κ1) is 19.2. The Hall–Kier alpha value is -3.10. The van der Waals surface area contributed by atoms with Gasteiger partial charge in [0.1, 0.15) is 12.4 Å². The minimum atomic E-state index is -0.614. The van der Waals surface area contributed by atoms with E-state index in [4.69, 9.17) is 9.26 Å². The fourth-order valence-corrected chi connectivity index (χ4v) is 3.54. The predicted octanol–water partition coefficient (Wildman–Crippen LogP) is 2.93. The van der Waals surface area contributed by atoms with Crippen LogP contribution in [0, 0.1) is 5.82 Å². The summed E-state index contributed by atoms with van der Waals surface area (Å²) in [5.41, 5.74) is 3.31. The van der Waals surface area contributed by atoms with E-state index in [1.54, 1.807) is 7.11 Å². The maximum absolute atomic E-state index is 14.0. The van der Waals surface area contributed by atoms with Crippen molar-refractivity contribution in [2.24, 2.45) is 0 Å². The molecule has 1 aliphatic carbocycles. The van der Waals surface area contributed by atoms with Crippen LogP contribution in [0.2, 0.25) is 0 Å². The van der Waals surface area contributed by atoms with E-state index in [1.807, 2.05) is 18.2 Å². The van der Waals surface area contributed by atoms with Gasteiger partial charge in [0.25, 0.3) is 11.8 Å². The number of rotatable bonds is 6. The molecule has 8 heteroatoms. The van der Waals surface area contributed by atoms with Gasteiger partial charge in [0, 0.05) is 12.7 Å². The summed E-state index contributed by atoms with van der Waals surface area (Å²) in [5, 5.41) is 16.1. The zero-order valence-corrected chi connectivity index (χ0v) is 15.8. The number of ether oxygens (including phenoxy) is 1.